The summed E-state index contributed by atoms with van der Waals surface area (Å²) in [6.45, 7) is 6.99. The number of pyridine rings is 1. The molecule has 1 aromatic rings. The van der Waals surface area contributed by atoms with E-state index >= 15 is 0 Å². The molecule has 1 fully saturated rings. The minimum absolute atomic E-state index is 0.548. The molecule has 0 radical (unpaired) electrons. The van der Waals surface area contributed by atoms with Crippen LogP contribution in [0.15, 0.2) is 12.3 Å². The van der Waals surface area contributed by atoms with Gasteiger partial charge in [0, 0.05) is 32.4 Å². The summed E-state index contributed by atoms with van der Waals surface area (Å²) < 4.78 is 5.27. The fourth-order valence-corrected chi connectivity index (χ4v) is 2.75. The fourth-order valence-electron chi connectivity index (χ4n) is 2.75. The number of nitrogens with zero attached hydrogens (tertiary/aromatic N) is 2. The lowest BCUT2D eigenvalue weighted by Gasteiger charge is -2.31. The molecule has 0 aromatic carbocycles. The van der Waals surface area contributed by atoms with E-state index in [-0.39, 0.29) is 0 Å². The summed E-state index contributed by atoms with van der Waals surface area (Å²) in [4.78, 5) is 7.13. The molecule has 1 aliphatic carbocycles. The molecule has 1 unspecified atom stereocenters. The Kier molecular flexibility index (Phi) is 5.38. The first kappa shape index (κ1) is 15.3. The molecular formula is C16H27N3O. The number of aromatic nitrogens is 1. The molecule has 1 saturated carbocycles. The topological polar surface area (TPSA) is 37.4 Å². The number of rotatable bonds is 8. The third kappa shape index (κ3) is 3.70. The summed E-state index contributed by atoms with van der Waals surface area (Å²) in [6, 6.07) is 2.78. The highest BCUT2D eigenvalue weighted by molar-refractivity contribution is 5.48. The predicted octanol–water partition coefficient (Wildman–Crippen LogP) is 2.36. The summed E-state index contributed by atoms with van der Waals surface area (Å²) in [5.74, 6) is 1.94. The van der Waals surface area contributed by atoms with E-state index in [1.54, 1.807) is 7.11 Å². The summed E-state index contributed by atoms with van der Waals surface area (Å²) in [6.07, 6.45) is 4.68. The van der Waals surface area contributed by atoms with Crippen molar-refractivity contribution in [2.75, 3.05) is 32.2 Å². The summed E-state index contributed by atoms with van der Waals surface area (Å²) in [7, 11) is 3.72. The Hall–Kier alpha value is -1.13. The first-order valence-corrected chi connectivity index (χ1v) is 7.53. The smallest absolute Gasteiger partial charge is 0.131 e. The van der Waals surface area contributed by atoms with Crippen LogP contribution in [0.1, 0.15) is 30.9 Å². The number of hydrogen-bond acceptors (Lipinski definition) is 4. The van der Waals surface area contributed by atoms with Crippen molar-refractivity contribution < 1.29 is 4.74 Å². The summed E-state index contributed by atoms with van der Waals surface area (Å²) in [5, 5.41) is 3.17. The second-order valence-electron chi connectivity index (χ2n) is 5.78. The molecule has 20 heavy (non-hydrogen) atoms. The zero-order chi connectivity index (χ0) is 14.5. The molecule has 0 saturated heterocycles. The molecule has 4 nitrogen and oxygen atoms in total. The zero-order valence-corrected chi connectivity index (χ0v) is 13.1. The van der Waals surface area contributed by atoms with E-state index in [1.165, 1.54) is 24.0 Å². The molecule has 0 aliphatic heterocycles. The van der Waals surface area contributed by atoms with Crippen molar-refractivity contribution in [3.05, 3.63) is 23.4 Å². The second kappa shape index (κ2) is 7.04. The largest absolute Gasteiger partial charge is 0.383 e. The molecule has 2 rings (SSSR count). The van der Waals surface area contributed by atoms with Gasteiger partial charge in [0.2, 0.25) is 0 Å². The molecular weight excluding hydrogens is 250 g/mol. The van der Waals surface area contributed by atoms with Gasteiger partial charge in [0.25, 0.3) is 0 Å². The van der Waals surface area contributed by atoms with Gasteiger partial charge in [-0.25, -0.2) is 4.98 Å². The van der Waals surface area contributed by atoms with E-state index in [9.17, 15) is 0 Å². The molecule has 4 heteroatoms. The Labute approximate surface area is 122 Å². The van der Waals surface area contributed by atoms with E-state index in [1.807, 2.05) is 13.2 Å². The van der Waals surface area contributed by atoms with Crippen molar-refractivity contribution in [1.29, 1.82) is 0 Å². The number of anilines is 1. The van der Waals surface area contributed by atoms with Gasteiger partial charge in [0.1, 0.15) is 5.82 Å². The number of aryl methyl sites for hydroxylation is 1. The minimum Gasteiger partial charge on any atom is -0.383 e. The van der Waals surface area contributed by atoms with Crippen LogP contribution in [0.3, 0.4) is 0 Å². The average Bonchev–Trinajstić information content (AvgIpc) is 3.25. The fraction of sp³-hybridized carbons (Fsp3) is 0.688. The lowest BCUT2D eigenvalue weighted by atomic mass is 10.1. The normalized spacial score (nSPS) is 16.2. The van der Waals surface area contributed by atoms with Crippen LogP contribution in [0, 0.1) is 12.8 Å². The molecule has 0 spiro atoms. The van der Waals surface area contributed by atoms with Gasteiger partial charge < -0.3 is 15.0 Å². The molecule has 1 aliphatic rings. The predicted molar refractivity (Wildman–Crippen MR) is 83.1 cm³/mol. The molecule has 112 valence electrons. The van der Waals surface area contributed by atoms with Crippen LogP contribution in [-0.2, 0) is 11.3 Å². The van der Waals surface area contributed by atoms with Crippen molar-refractivity contribution >= 4 is 5.82 Å². The van der Waals surface area contributed by atoms with Crippen molar-refractivity contribution in [2.24, 2.45) is 5.92 Å². The second-order valence-corrected chi connectivity index (χ2v) is 5.78. The van der Waals surface area contributed by atoms with Gasteiger partial charge >= 0.3 is 0 Å². The van der Waals surface area contributed by atoms with E-state index in [0.717, 1.165) is 31.4 Å². The summed E-state index contributed by atoms with van der Waals surface area (Å²) in [5.41, 5.74) is 2.49. The first-order valence-electron chi connectivity index (χ1n) is 7.53. The van der Waals surface area contributed by atoms with Crippen LogP contribution in [0.5, 0.6) is 0 Å². The Morgan fingerprint density at radius 2 is 2.25 bits per heavy atom. The highest BCUT2D eigenvalue weighted by Crippen LogP contribution is 2.37. The molecule has 0 bridgehead atoms. The van der Waals surface area contributed by atoms with Crippen molar-refractivity contribution in [3.8, 4) is 0 Å². The quantitative estimate of drug-likeness (QED) is 0.791. The number of nitrogens with one attached hydrogen (secondary N) is 1. The minimum atomic E-state index is 0.548. The lowest BCUT2D eigenvalue weighted by Crippen LogP contribution is -2.38. The molecule has 1 heterocycles. The van der Waals surface area contributed by atoms with Crippen LogP contribution < -0.4 is 10.2 Å². The zero-order valence-electron chi connectivity index (χ0n) is 13.1. The van der Waals surface area contributed by atoms with Gasteiger partial charge in [-0.2, -0.15) is 0 Å². The average molecular weight is 277 g/mol. The van der Waals surface area contributed by atoms with Crippen molar-refractivity contribution in [3.63, 3.8) is 0 Å². The monoisotopic (exact) mass is 277 g/mol. The van der Waals surface area contributed by atoms with E-state index in [4.69, 9.17) is 9.72 Å². The van der Waals surface area contributed by atoms with Gasteiger partial charge in [-0.1, -0.05) is 0 Å². The molecule has 0 amide bonds. The third-order valence-electron chi connectivity index (χ3n) is 4.09. The van der Waals surface area contributed by atoms with Crippen LogP contribution >= 0.6 is 0 Å². The van der Waals surface area contributed by atoms with Gasteiger partial charge in [0.05, 0.1) is 6.61 Å². The van der Waals surface area contributed by atoms with E-state index in [0.29, 0.717) is 6.04 Å². The van der Waals surface area contributed by atoms with Crippen LogP contribution in [-0.4, -0.2) is 38.3 Å². The maximum absolute atomic E-state index is 5.27. The molecule has 1 aromatic heterocycles. The Morgan fingerprint density at radius 1 is 1.50 bits per heavy atom. The summed E-state index contributed by atoms with van der Waals surface area (Å²) >= 11 is 0. The number of methoxy groups -OCH3 is 1. The maximum Gasteiger partial charge on any atom is 0.131 e. The van der Waals surface area contributed by atoms with Gasteiger partial charge in [-0.15, -0.1) is 0 Å². The van der Waals surface area contributed by atoms with Gasteiger partial charge in [-0.05, 0) is 56.8 Å². The number of ether oxygens (including phenoxy) is 1. The maximum atomic E-state index is 5.27. The highest BCUT2D eigenvalue weighted by Gasteiger charge is 2.33. The third-order valence-corrected chi connectivity index (χ3v) is 4.09. The number of hydrogen-bond donors (Lipinski definition) is 1. The van der Waals surface area contributed by atoms with Crippen molar-refractivity contribution in [2.45, 2.75) is 39.3 Å². The lowest BCUT2D eigenvalue weighted by molar-refractivity contribution is 0.202. The Balaban J connectivity index is 2.18. The molecule has 1 N–H and O–H groups in total. The van der Waals surface area contributed by atoms with Crippen LogP contribution in [0.2, 0.25) is 0 Å². The van der Waals surface area contributed by atoms with Crippen molar-refractivity contribution in [1.82, 2.24) is 10.3 Å². The van der Waals surface area contributed by atoms with E-state index in [2.05, 4.69) is 30.1 Å². The highest BCUT2D eigenvalue weighted by atomic mass is 16.5. The standard InChI is InChI=1S/C16H27N3O/c1-12-9-14(10-17-3)11-18-16(12)19(7-8-20-4)13(2)15-5-6-15/h9,11,13,15,17H,5-8,10H2,1-4H3. The van der Waals surface area contributed by atoms with Gasteiger partial charge in [-0.3, -0.25) is 0 Å². The SMILES string of the molecule is CNCc1cnc(N(CCOC)C(C)C2CC2)c(C)c1. The van der Waals surface area contributed by atoms with Gasteiger partial charge in [0.15, 0.2) is 0 Å². The van der Waals surface area contributed by atoms with Crippen LogP contribution in [0.4, 0.5) is 5.82 Å². The Bertz CT molecular complexity index is 432. The van der Waals surface area contributed by atoms with Crippen LogP contribution in [0.25, 0.3) is 0 Å². The Morgan fingerprint density at radius 3 is 2.80 bits per heavy atom. The molecule has 1 atom stereocenters. The van der Waals surface area contributed by atoms with E-state index < -0.39 is 0 Å². The first-order chi connectivity index (χ1) is 9.67.